The summed E-state index contributed by atoms with van der Waals surface area (Å²) in [5, 5.41) is 0.364. The molecule has 0 amide bonds. The van der Waals surface area contributed by atoms with Crippen molar-refractivity contribution in [3.8, 4) is 0 Å². The van der Waals surface area contributed by atoms with Crippen molar-refractivity contribution in [3.05, 3.63) is 138 Å². The molecule has 0 radical (unpaired) electrons. The van der Waals surface area contributed by atoms with Gasteiger partial charge in [-0.2, -0.15) is 0 Å². The first-order chi connectivity index (χ1) is 17.5. The molecule has 0 saturated heterocycles. The molecule has 0 unspecified atom stereocenters. The molecule has 184 valence electrons. The molecule has 0 aliphatic rings. The van der Waals surface area contributed by atoms with Crippen molar-refractivity contribution < 1.29 is 0 Å². The first-order valence-electron chi connectivity index (χ1n) is 12.4. The highest BCUT2D eigenvalue weighted by Gasteiger charge is 2.37. The molecule has 0 aliphatic heterocycles. The summed E-state index contributed by atoms with van der Waals surface area (Å²) < 4.78 is 0.00433. The van der Waals surface area contributed by atoms with Gasteiger partial charge in [0.05, 0.1) is 0 Å². The molecule has 4 aromatic rings. The van der Waals surface area contributed by atoms with Crippen molar-refractivity contribution in [1.82, 2.24) is 0 Å². The monoisotopic (exact) mass is 526 g/mol. The minimum absolute atomic E-state index is 0.00433. The van der Waals surface area contributed by atoms with Crippen LogP contribution < -0.4 is 0 Å². The zero-order valence-corrected chi connectivity index (χ0v) is 23.7. The highest BCUT2D eigenvalue weighted by molar-refractivity contribution is 8.05. The van der Waals surface area contributed by atoms with Gasteiger partial charge >= 0.3 is 0 Å². The van der Waals surface area contributed by atoms with Crippen LogP contribution in [0, 0.1) is 5.92 Å². The maximum absolute atomic E-state index is 2.46. The number of hydrogen-bond donors (Lipinski definition) is 0. The summed E-state index contributed by atoms with van der Waals surface area (Å²) >= 11 is 5.91. The van der Waals surface area contributed by atoms with Gasteiger partial charge in [-0.25, -0.2) is 0 Å². The van der Waals surface area contributed by atoms with E-state index in [0.717, 1.165) is 6.42 Å². The predicted octanol–water partition coefficient (Wildman–Crippen LogP) is 10.3. The van der Waals surface area contributed by atoms with Crippen LogP contribution >= 0.6 is 35.3 Å². The number of allylic oxidation sites excluding steroid dienone is 2. The predicted molar refractivity (Wildman–Crippen MR) is 162 cm³/mol. The summed E-state index contributed by atoms with van der Waals surface area (Å²) in [5.41, 5.74) is 1.35. The quantitative estimate of drug-likeness (QED) is 0.178. The van der Waals surface area contributed by atoms with Crippen LogP contribution in [0.3, 0.4) is 0 Å². The van der Waals surface area contributed by atoms with E-state index in [4.69, 9.17) is 0 Å². The Morgan fingerprint density at radius 3 is 1.69 bits per heavy atom. The molecule has 3 heteroatoms. The Morgan fingerprint density at radius 1 is 0.667 bits per heavy atom. The lowest BCUT2D eigenvalue weighted by Gasteiger charge is -2.38. The van der Waals surface area contributed by atoms with Crippen LogP contribution in [0.15, 0.2) is 147 Å². The second-order valence-corrected chi connectivity index (χ2v) is 13.5. The highest BCUT2D eigenvalue weighted by Crippen LogP contribution is 2.49. The number of hydrogen-bond acceptors (Lipinski definition) is 3. The first-order valence-corrected chi connectivity index (χ1v) is 15.0. The lowest BCUT2D eigenvalue weighted by atomic mass is 9.95. The fourth-order valence-corrected chi connectivity index (χ4v) is 8.16. The molecule has 4 rings (SSSR count). The molecular formula is C33H34S3. The van der Waals surface area contributed by atoms with Gasteiger partial charge < -0.3 is 0 Å². The van der Waals surface area contributed by atoms with Crippen LogP contribution in [0.4, 0.5) is 0 Å². The van der Waals surface area contributed by atoms with Crippen molar-refractivity contribution in [1.29, 1.82) is 0 Å². The largest absolute Gasteiger partial charge is 0.121 e. The van der Waals surface area contributed by atoms with Crippen molar-refractivity contribution in [2.45, 2.75) is 51.9 Å². The Balaban J connectivity index is 1.68. The summed E-state index contributed by atoms with van der Waals surface area (Å²) in [6, 6.07) is 43.3. The van der Waals surface area contributed by atoms with Gasteiger partial charge in [0.2, 0.25) is 0 Å². The van der Waals surface area contributed by atoms with E-state index < -0.39 is 0 Å². The minimum Gasteiger partial charge on any atom is -0.121 e. The van der Waals surface area contributed by atoms with Gasteiger partial charge in [-0.15, -0.1) is 23.5 Å². The van der Waals surface area contributed by atoms with E-state index in [0.29, 0.717) is 11.2 Å². The summed E-state index contributed by atoms with van der Waals surface area (Å²) in [6.45, 7) is 7.23. The van der Waals surface area contributed by atoms with Gasteiger partial charge in [-0.3, -0.25) is 0 Å². The van der Waals surface area contributed by atoms with Crippen LogP contribution in [0.1, 0.15) is 26.3 Å². The lowest BCUT2D eigenvalue weighted by molar-refractivity contribution is 0.554. The first kappa shape index (κ1) is 26.7. The molecule has 0 saturated carbocycles. The van der Waals surface area contributed by atoms with E-state index in [-0.39, 0.29) is 4.75 Å². The zero-order valence-electron chi connectivity index (χ0n) is 21.2. The fourth-order valence-electron chi connectivity index (χ4n) is 4.27. The van der Waals surface area contributed by atoms with Crippen LogP contribution in [0.2, 0.25) is 0 Å². The second kappa shape index (κ2) is 13.3. The highest BCUT2D eigenvalue weighted by atomic mass is 32.2. The zero-order chi connectivity index (χ0) is 25.2. The summed E-state index contributed by atoms with van der Waals surface area (Å²) in [7, 11) is 0. The fraction of sp³-hybridized carbons (Fsp3) is 0.212. The SMILES string of the molecule is C[C@H](/C(=C\Cc1ccccc1)Sc1ccccc1)[C@H](Sc1ccccc1)C(C)(C)Sc1ccccc1. The van der Waals surface area contributed by atoms with Crippen LogP contribution in [0.5, 0.6) is 0 Å². The maximum Gasteiger partial charge on any atom is 0.0311 e. The molecule has 0 aliphatic carbocycles. The van der Waals surface area contributed by atoms with Crippen molar-refractivity contribution in [3.63, 3.8) is 0 Å². The second-order valence-electron chi connectivity index (χ2n) is 9.37. The van der Waals surface area contributed by atoms with Crippen molar-refractivity contribution in [2.24, 2.45) is 5.92 Å². The summed E-state index contributed by atoms with van der Waals surface area (Å²) in [5.74, 6) is 0.357. The van der Waals surface area contributed by atoms with Crippen LogP contribution in [0.25, 0.3) is 0 Å². The van der Waals surface area contributed by atoms with Crippen LogP contribution in [-0.2, 0) is 6.42 Å². The minimum atomic E-state index is 0.00433. The number of rotatable bonds is 11. The Morgan fingerprint density at radius 2 is 1.14 bits per heavy atom. The van der Waals surface area contributed by atoms with Crippen molar-refractivity contribution >= 4 is 35.3 Å². The molecule has 0 N–H and O–H groups in total. The average molecular weight is 527 g/mol. The number of benzene rings is 4. The van der Waals surface area contributed by atoms with Gasteiger partial charge in [0.1, 0.15) is 0 Å². The topological polar surface area (TPSA) is 0 Å². The van der Waals surface area contributed by atoms with E-state index in [9.17, 15) is 0 Å². The Bertz CT molecular complexity index is 1200. The third kappa shape index (κ3) is 7.83. The molecule has 0 aromatic heterocycles. The van der Waals surface area contributed by atoms with Crippen molar-refractivity contribution in [2.75, 3.05) is 0 Å². The Labute approximate surface area is 230 Å². The molecule has 4 aromatic carbocycles. The summed E-state index contributed by atoms with van der Waals surface area (Å²) in [4.78, 5) is 5.36. The van der Waals surface area contributed by atoms with E-state index in [1.54, 1.807) is 0 Å². The summed E-state index contributed by atoms with van der Waals surface area (Å²) in [6.07, 6.45) is 3.40. The van der Waals surface area contributed by atoms with Gasteiger partial charge in [-0.05, 0) is 67.1 Å². The molecule has 0 spiro atoms. The standard InChI is InChI=1S/C33H34S3/c1-26(31(34-28-18-10-5-11-19-28)25-24-27-16-8-4-9-17-27)32(35-29-20-12-6-13-21-29)33(2,3)36-30-22-14-7-15-23-30/h4-23,25-26,32H,24H2,1-3H3/b31-25+/t26-,32+/m1/s1. The molecule has 36 heavy (non-hydrogen) atoms. The lowest BCUT2D eigenvalue weighted by Crippen LogP contribution is -2.36. The molecule has 2 atom stereocenters. The van der Waals surface area contributed by atoms with E-state index in [1.165, 1.54) is 25.2 Å². The van der Waals surface area contributed by atoms with Gasteiger partial charge in [0.25, 0.3) is 0 Å². The van der Waals surface area contributed by atoms with Gasteiger partial charge in [0.15, 0.2) is 0 Å². The van der Waals surface area contributed by atoms with Gasteiger partial charge in [0, 0.05) is 30.6 Å². The van der Waals surface area contributed by atoms with Crippen LogP contribution in [-0.4, -0.2) is 10.00 Å². The molecule has 0 nitrogen and oxygen atoms in total. The molecular weight excluding hydrogens is 493 g/mol. The third-order valence-electron chi connectivity index (χ3n) is 6.08. The molecule has 0 bridgehead atoms. The average Bonchev–Trinajstić information content (AvgIpc) is 2.91. The molecule has 0 fully saturated rings. The van der Waals surface area contributed by atoms with E-state index in [2.05, 4.69) is 148 Å². The normalized spacial score (nSPS) is 13.8. The smallest absolute Gasteiger partial charge is 0.0311 e. The van der Waals surface area contributed by atoms with E-state index in [1.807, 2.05) is 35.3 Å². The number of thioether (sulfide) groups is 3. The Hall–Kier alpha value is -2.33. The molecule has 0 heterocycles. The third-order valence-corrected chi connectivity index (χ3v) is 10.6. The Kier molecular flexibility index (Phi) is 9.86. The van der Waals surface area contributed by atoms with Gasteiger partial charge in [-0.1, -0.05) is 110 Å². The van der Waals surface area contributed by atoms with E-state index >= 15 is 0 Å². The maximum atomic E-state index is 2.46.